The van der Waals surface area contributed by atoms with Gasteiger partial charge in [-0.2, -0.15) is 0 Å². The van der Waals surface area contributed by atoms with Crippen molar-refractivity contribution in [1.82, 2.24) is 5.32 Å². The van der Waals surface area contributed by atoms with Crippen LogP contribution in [0.3, 0.4) is 0 Å². The fourth-order valence-electron chi connectivity index (χ4n) is 2.34. The quantitative estimate of drug-likeness (QED) is 0.789. The lowest BCUT2D eigenvalue weighted by atomic mass is 10.1. The molecule has 0 aliphatic carbocycles. The third-order valence-corrected chi connectivity index (χ3v) is 3.55. The highest BCUT2D eigenvalue weighted by Gasteiger charge is 2.16. The normalized spacial score (nSPS) is 11.2. The average Bonchev–Trinajstić information content (AvgIpc) is 2.59. The summed E-state index contributed by atoms with van der Waals surface area (Å²) in [7, 11) is 0. The van der Waals surface area contributed by atoms with Crippen LogP contribution in [0.2, 0.25) is 0 Å². The zero-order valence-corrected chi connectivity index (χ0v) is 16.6. The van der Waals surface area contributed by atoms with Crippen LogP contribution in [0.15, 0.2) is 48.5 Å². The van der Waals surface area contributed by atoms with Crippen molar-refractivity contribution in [2.45, 2.75) is 40.2 Å². The Morgan fingerprint density at radius 3 is 2.22 bits per heavy atom. The summed E-state index contributed by atoms with van der Waals surface area (Å²) < 4.78 is 5.67. The number of anilines is 1. The summed E-state index contributed by atoms with van der Waals surface area (Å²) >= 11 is 0. The molecule has 2 amide bonds. The van der Waals surface area contributed by atoms with Gasteiger partial charge in [-0.25, -0.2) is 0 Å². The lowest BCUT2D eigenvalue weighted by Crippen LogP contribution is -2.40. The van der Waals surface area contributed by atoms with Gasteiger partial charge in [0.2, 0.25) is 0 Å². The van der Waals surface area contributed by atoms with E-state index in [1.165, 1.54) is 0 Å². The Bertz CT molecular complexity index is 807. The molecule has 0 aliphatic rings. The second-order valence-electron chi connectivity index (χ2n) is 7.97. The zero-order valence-electron chi connectivity index (χ0n) is 16.6. The highest BCUT2D eigenvalue weighted by molar-refractivity contribution is 6.05. The van der Waals surface area contributed by atoms with Crippen LogP contribution in [-0.2, 0) is 0 Å². The van der Waals surface area contributed by atoms with Crippen LogP contribution in [0, 0.1) is 5.92 Å². The Morgan fingerprint density at radius 1 is 0.963 bits per heavy atom. The number of nitrogens with one attached hydrogen (secondary N) is 2. The topological polar surface area (TPSA) is 67.4 Å². The molecule has 0 saturated heterocycles. The number of hydrogen-bond donors (Lipinski definition) is 2. The van der Waals surface area contributed by atoms with Crippen LogP contribution < -0.4 is 15.4 Å². The third kappa shape index (κ3) is 6.77. The molecule has 0 radical (unpaired) electrons. The monoisotopic (exact) mass is 368 g/mol. The van der Waals surface area contributed by atoms with Crippen molar-refractivity contribution in [3.63, 3.8) is 0 Å². The van der Waals surface area contributed by atoms with Gasteiger partial charge in [0, 0.05) is 22.4 Å². The number of carbonyl (C=O) groups excluding carboxylic acids is 2. The van der Waals surface area contributed by atoms with Crippen molar-refractivity contribution < 1.29 is 14.3 Å². The molecule has 144 valence electrons. The molecule has 0 spiro atoms. The van der Waals surface area contributed by atoms with Crippen LogP contribution in [0.25, 0.3) is 0 Å². The molecule has 0 aliphatic heterocycles. The molecule has 0 fully saturated rings. The van der Waals surface area contributed by atoms with Gasteiger partial charge in [-0.05, 0) is 63.1 Å². The highest BCUT2D eigenvalue weighted by Crippen LogP contribution is 2.17. The first-order chi connectivity index (χ1) is 12.6. The van der Waals surface area contributed by atoms with E-state index < -0.39 is 0 Å². The largest absolute Gasteiger partial charge is 0.493 e. The molecule has 27 heavy (non-hydrogen) atoms. The summed E-state index contributed by atoms with van der Waals surface area (Å²) in [4.78, 5) is 24.8. The molecule has 5 heteroatoms. The van der Waals surface area contributed by atoms with Gasteiger partial charge in [0.15, 0.2) is 0 Å². The molecule has 0 heterocycles. The van der Waals surface area contributed by atoms with Gasteiger partial charge in [0.25, 0.3) is 11.8 Å². The summed E-state index contributed by atoms with van der Waals surface area (Å²) in [6.45, 7) is 10.5. The summed E-state index contributed by atoms with van der Waals surface area (Å²) in [5.74, 6) is 0.639. The van der Waals surface area contributed by atoms with Gasteiger partial charge in [-0.3, -0.25) is 9.59 Å². The number of hydrogen-bond acceptors (Lipinski definition) is 3. The second-order valence-corrected chi connectivity index (χ2v) is 7.97. The zero-order chi connectivity index (χ0) is 20.0. The minimum absolute atomic E-state index is 0.178. The summed E-state index contributed by atoms with van der Waals surface area (Å²) in [6, 6.07) is 13.9. The van der Waals surface area contributed by atoms with Gasteiger partial charge in [0.05, 0.1) is 6.61 Å². The molecule has 5 nitrogen and oxygen atoms in total. The molecule has 0 unspecified atom stereocenters. The Hall–Kier alpha value is -2.82. The molecule has 0 saturated carbocycles. The smallest absolute Gasteiger partial charge is 0.255 e. The van der Waals surface area contributed by atoms with Gasteiger partial charge < -0.3 is 15.4 Å². The standard InChI is InChI=1S/C22H28N2O3/c1-15(2)14-27-19-11-7-9-17(13-19)20(25)23-18-10-6-8-16(12-18)21(26)24-22(3,4)5/h6-13,15H,14H2,1-5H3,(H,23,25)(H,24,26). The number of amides is 2. The van der Waals surface area contributed by atoms with E-state index in [1.807, 2.05) is 26.8 Å². The highest BCUT2D eigenvalue weighted by atomic mass is 16.5. The van der Waals surface area contributed by atoms with Gasteiger partial charge in [0.1, 0.15) is 5.75 Å². The fourth-order valence-corrected chi connectivity index (χ4v) is 2.34. The van der Waals surface area contributed by atoms with Gasteiger partial charge in [-0.15, -0.1) is 0 Å². The minimum atomic E-state index is -0.327. The van der Waals surface area contributed by atoms with Crippen LogP contribution in [0.5, 0.6) is 5.75 Å². The number of rotatable bonds is 6. The number of ether oxygens (including phenoxy) is 1. The molecule has 2 rings (SSSR count). The Balaban J connectivity index is 2.09. The Kier molecular flexibility index (Phi) is 6.61. The van der Waals surface area contributed by atoms with Crippen LogP contribution in [0.1, 0.15) is 55.3 Å². The number of carbonyl (C=O) groups is 2. The van der Waals surface area contributed by atoms with E-state index >= 15 is 0 Å². The SMILES string of the molecule is CC(C)COc1cccc(C(=O)Nc2cccc(C(=O)NC(C)(C)C)c2)c1. The molecule has 2 aromatic carbocycles. The first-order valence-corrected chi connectivity index (χ1v) is 9.11. The molecule has 2 N–H and O–H groups in total. The van der Waals surface area contributed by atoms with Crippen LogP contribution >= 0.6 is 0 Å². The first kappa shape index (κ1) is 20.5. The molecular weight excluding hydrogens is 340 g/mol. The van der Waals surface area contributed by atoms with Crippen molar-refractivity contribution in [2.75, 3.05) is 11.9 Å². The van der Waals surface area contributed by atoms with Crippen LogP contribution in [0.4, 0.5) is 5.69 Å². The van der Waals surface area contributed by atoms with Crippen molar-refractivity contribution in [2.24, 2.45) is 5.92 Å². The van der Waals surface area contributed by atoms with Crippen molar-refractivity contribution >= 4 is 17.5 Å². The van der Waals surface area contributed by atoms with E-state index in [-0.39, 0.29) is 17.4 Å². The predicted octanol–water partition coefficient (Wildman–Crippen LogP) is 4.50. The van der Waals surface area contributed by atoms with E-state index in [0.717, 1.165) is 0 Å². The molecule has 0 atom stereocenters. The first-order valence-electron chi connectivity index (χ1n) is 9.11. The maximum absolute atomic E-state index is 12.5. The number of benzene rings is 2. The molecule has 2 aromatic rings. The Labute approximate surface area is 161 Å². The fraction of sp³-hybridized carbons (Fsp3) is 0.364. The van der Waals surface area contributed by atoms with Crippen LogP contribution in [-0.4, -0.2) is 24.0 Å². The maximum atomic E-state index is 12.5. The average molecular weight is 368 g/mol. The summed E-state index contributed by atoms with van der Waals surface area (Å²) in [6.07, 6.45) is 0. The second kappa shape index (κ2) is 8.71. The van der Waals surface area contributed by atoms with Crippen molar-refractivity contribution in [1.29, 1.82) is 0 Å². The van der Waals surface area contributed by atoms with E-state index in [0.29, 0.717) is 35.1 Å². The molecule has 0 bridgehead atoms. The van der Waals surface area contributed by atoms with E-state index in [1.54, 1.807) is 42.5 Å². The lowest BCUT2D eigenvalue weighted by Gasteiger charge is -2.20. The predicted molar refractivity (Wildman–Crippen MR) is 108 cm³/mol. The Morgan fingerprint density at radius 2 is 1.59 bits per heavy atom. The molecular formula is C22H28N2O3. The van der Waals surface area contributed by atoms with E-state index in [9.17, 15) is 9.59 Å². The lowest BCUT2D eigenvalue weighted by molar-refractivity contribution is 0.0918. The molecule has 0 aromatic heterocycles. The summed E-state index contributed by atoms with van der Waals surface area (Å²) in [5.41, 5.74) is 1.24. The van der Waals surface area contributed by atoms with Crippen molar-refractivity contribution in [3.8, 4) is 5.75 Å². The third-order valence-electron chi connectivity index (χ3n) is 3.55. The van der Waals surface area contributed by atoms with E-state index in [2.05, 4.69) is 24.5 Å². The van der Waals surface area contributed by atoms with E-state index in [4.69, 9.17) is 4.74 Å². The van der Waals surface area contributed by atoms with Crippen molar-refractivity contribution in [3.05, 3.63) is 59.7 Å². The summed E-state index contributed by atoms with van der Waals surface area (Å²) in [5, 5.41) is 5.74. The van der Waals surface area contributed by atoms with Gasteiger partial charge >= 0.3 is 0 Å². The minimum Gasteiger partial charge on any atom is -0.493 e. The maximum Gasteiger partial charge on any atom is 0.255 e. The van der Waals surface area contributed by atoms with Gasteiger partial charge in [-0.1, -0.05) is 26.0 Å².